The lowest BCUT2D eigenvalue weighted by Gasteiger charge is -2.15. The Balaban J connectivity index is 3.01. The highest BCUT2D eigenvalue weighted by Gasteiger charge is 2.15. The van der Waals surface area contributed by atoms with Crippen molar-refractivity contribution in [3.05, 3.63) is 23.3 Å². The summed E-state index contributed by atoms with van der Waals surface area (Å²) >= 11 is 0. The second-order valence-corrected chi connectivity index (χ2v) is 2.59. The summed E-state index contributed by atoms with van der Waals surface area (Å²) in [6.45, 7) is 2.58. The molecule has 1 heterocycles. The number of hydrogen-bond acceptors (Lipinski definition) is 2. The van der Waals surface area contributed by atoms with Gasteiger partial charge in [-0.15, -0.1) is 0 Å². The van der Waals surface area contributed by atoms with Gasteiger partial charge in [0.15, 0.2) is 0 Å². The Morgan fingerprint density at radius 3 is 2.92 bits per heavy atom. The van der Waals surface area contributed by atoms with Crippen molar-refractivity contribution >= 4 is 12.1 Å². The highest BCUT2D eigenvalue weighted by molar-refractivity contribution is 6.13. The van der Waals surface area contributed by atoms with Gasteiger partial charge in [-0.1, -0.05) is 12.2 Å². The minimum Gasteiger partial charge on any atom is -0.352 e. The van der Waals surface area contributed by atoms with E-state index in [2.05, 4.69) is 5.32 Å². The van der Waals surface area contributed by atoms with Gasteiger partial charge in [0.05, 0.1) is 5.57 Å². The molecular weight excluding hydrogens is 152 g/mol. The normalized spacial score (nSPS) is 18.2. The van der Waals surface area contributed by atoms with E-state index in [9.17, 15) is 4.79 Å². The minimum absolute atomic E-state index is 0.135. The molecule has 0 fully saturated rings. The van der Waals surface area contributed by atoms with Gasteiger partial charge in [0.1, 0.15) is 0 Å². The van der Waals surface area contributed by atoms with Crippen molar-refractivity contribution in [1.29, 1.82) is 5.41 Å². The number of rotatable bonds is 2. The largest absolute Gasteiger partial charge is 0.352 e. The first-order valence-electron chi connectivity index (χ1n) is 3.94. The quantitative estimate of drug-likeness (QED) is 0.588. The molecule has 0 spiro atoms. The van der Waals surface area contributed by atoms with Crippen LogP contribution in [0.25, 0.3) is 0 Å². The Hall–Kier alpha value is -1.38. The summed E-state index contributed by atoms with van der Waals surface area (Å²) in [4.78, 5) is 11.2. The molecule has 0 atom stereocenters. The van der Waals surface area contributed by atoms with E-state index in [1.807, 2.05) is 19.1 Å². The third kappa shape index (κ3) is 1.61. The molecule has 0 saturated carbocycles. The zero-order chi connectivity index (χ0) is 8.97. The standard InChI is InChI=1S/C9H12N2O/c1-2-3-7-4-5-11-9(12)8(7)6-10/h2-3,6,10H,4-5H2,1H3,(H,11,12)/b3-2-,10-6?. The Labute approximate surface area is 71.7 Å². The number of carbonyl (C=O) groups excluding carboxylic acids is 1. The van der Waals surface area contributed by atoms with E-state index in [1.54, 1.807) is 0 Å². The maximum absolute atomic E-state index is 11.2. The molecule has 0 aromatic heterocycles. The highest BCUT2D eigenvalue weighted by atomic mass is 16.1. The predicted molar refractivity (Wildman–Crippen MR) is 48.3 cm³/mol. The van der Waals surface area contributed by atoms with Crippen LogP contribution in [0.1, 0.15) is 13.3 Å². The van der Waals surface area contributed by atoms with Crippen molar-refractivity contribution in [1.82, 2.24) is 5.32 Å². The van der Waals surface area contributed by atoms with Crippen molar-refractivity contribution in [2.24, 2.45) is 0 Å². The van der Waals surface area contributed by atoms with E-state index < -0.39 is 0 Å². The maximum atomic E-state index is 11.2. The van der Waals surface area contributed by atoms with Crippen LogP contribution < -0.4 is 5.32 Å². The van der Waals surface area contributed by atoms with Crippen molar-refractivity contribution in [3.63, 3.8) is 0 Å². The molecule has 0 aromatic rings. The Kier molecular flexibility index (Phi) is 2.80. The lowest BCUT2D eigenvalue weighted by molar-refractivity contribution is -0.117. The number of nitrogens with one attached hydrogen (secondary N) is 2. The summed E-state index contributed by atoms with van der Waals surface area (Å²) in [6.07, 6.45) is 5.71. The van der Waals surface area contributed by atoms with E-state index in [4.69, 9.17) is 5.41 Å². The van der Waals surface area contributed by atoms with Gasteiger partial charge in [0.2, 0.25) is 0 Å². The van der Waals surface area contributed by atoms with Crippen LogP contribution in [0.5, 0.6) is 0 Å². The molecule has 1 amide bonds. The number of carbonyl (C=O) groups is 1. The second-order valence-electron chi connectivity index (χ2n) is 2.59. The van der Waals surface area contributed by atoms with Crippen molar-refractivity contribution in [2.45, 2.75) is 13.3 Å². The molecule has 0 unspecified atom stereocenters. The van der Waals surface area contributed by atoms with Crippen molar-refractivity contribution in [3.8, 4) is 0 Å². The van der Waals surface area contributed by atoms with E-state index in [0.29, 0.717) is 12.1 Å². The molecule has 1 rings (SSSR count). The van der Waals surface area contributed by atoms with E-state index in [0.717, 1.165) is 18.2 Å². The smallest absolute Gasteiger partial charge is 0.253 e. The molecule has 3 heteroatoms. The molecule has 0 aromatic carbocycles. The van der Waals surface area contributed by atoms with Gasteiger partial charge < -0.3 is 10.7 Å². The van der Waals surface area contributed by atoms with E-state index >= 15 is 0 Å². The highest BCUT2D eigenvalue weighted by Crippen LogP contribution is 2.12. The van der Waals surface area contributed by atoms with Crippen LogP contribution in [-0.2, 0) is 4.79 Å². The van der Waals surface area contributed by atoms with E-state index in [-0.39, 0.29) is 5.91 Å². The monoisotopic (exact) mass is 164 g/mol. The summed E-state index contributed by atoms with van der Waals surface area (Å²) < 4.78 is 0. The molecule has 0 bridgehead atoms. The van der Waals surface area contributed by atoms with Crippen LogP contribution in [0.2, 0.25) is 0 Å². The first-order valence-corrected chi connectivity index (χ1v) is 3.94. The third-order valence-electron chi connectivity index (χ3n) is 1.78. The fraction of sp³-hybridized carbons (Fsp3) is 0.333. The minimum atomic E-state index is -0.135. The summed E-state index contributed by atoms with van der Waals surface area (Å²) in [5.74, 6) is -0.135. The Morgan fingerprint density at radius 2 is 2.33 bits per heavy atom. The summed E-state index contributed by atoms with van der Waals surface area (Å²) in [5.41, 5.74) is 1.44. The number of amides is 1. The van der Waals surface area contributed by atoms with Crippen molar-refractivity contribution in [2.75, 3.05) is 6.54 Å². The van der Waals surface area contributed by atoms with E-state index in [1.165, 1.54) is 0 Å². The molecular formula is C9H12N2O. The maximum Gasteiger partial charge on any atom is 0.253 e. The SMILES string of the molecule is C/C=C\C1=C(C=N)C(=O)NCC1. The molecule has 0 aliphatic carbocycles. The first kappa shape index (κ1) is 8.71. The fourth-order valence-corrected chi connectivity index (χ4v) is 1.22. The Morgan fingerprint density at radius 1 is 1.58 bits per heavy atom. The molecule has 1 aliphatic rings. The van der Waals surface area contributed by atoms with Crippen LogP contribution >= 0.6 is 0 Å². The molecule has 2 N–H and O–H groups in total. The van der Waals surface area contributed by atoms with Crippen LogP contribution in [-0.4, -0.2) is 18.7 Å². The van der Waals surface area contributed by atoms with Crippen molar-refractivity contribution < 1.29 is 4.79 Å². The summed E-state index contributed by atoms with van der Waals surface area (Å²) in [6, 6.07) is 0. The molecule has 12 heavy (non-hydrogen) atoms. The van der Waals surface area contributed by atoms with Gasteiger partial charge >= 0.3 is 0 Å². The zero-order valence-electron chi connectivity index (χ0n) is 7.05. The van der Waals surface area contributed by atoms with Crippen LogP contribution in [0, 0.1) is 5.41 Å². The van der Waals surface area contributed by atoms with Gasteiger partial charge in [-0.25, -0.2) is 0 Å². The average molecular weight is 164 g/mol. The second kappa shape index (κ2) is 3.85. The molecule has 0 saturated heterocycles. The molecule has 64 valence electrons. The topological polar surface area (TPSA) is 53.0 Å². The van der Waals surface area contributed by atoms with Gasteiger partial charge in [-0.05, 0) is 18.9 Å². The fourth-order valence-electron chi connectivity index (χ4n) is 1.22. The van der Waals surface area contributed by atoms with Crippen LogP contribution in [0.3, 0.4) is 0 Å². The lowest BCUT2D eigenvalue weighted by atomic mass is 10.0. The molecule has 0 radical (unpaired) electrons. The molecule has 1 aliphatic heterocycles. The van der Waals surface area contributed by atoms with Crippen LogP contribution in [0.15, 0.2) is 23.3 Å². The summed E-state index contributed by atoms with van der Waals surface area (Å²) in [7, 11) is 0. The number of hydrogen-bond donors (Lipinski definition) is 2. The first-order chi connectivity index (χ1) is 5.79. The van der Waals surface area contributed by atoms with Crippen LogP contribution in [0.4, 0.5) is 0 Å². The molecule has 3 nitrogen and oxygen atoms in total. The van der Waals surface area contributed by atoms with Gasteiger partial charge in [0.25, 0.3) is 5.91 Å². The Bertz CT molecular complexity index is 264. The predicted octanol–water partition coefficient (Wildman–Crippen LogP) is 1.03. The zero-order valence-corrected chi connectivity index (χ0v) is 7.05. The average Bonchev–Trinajstić information content (AvgIpc) is 2.05. The lowest BCUT2D eigenvalue weighted by Crippen LogP contribution is -2.31. The third-order valence-corrected chi connectivity index (χ3v) is 1.78. The summed E-state index contributed by atoms with van der Waals surface area (Å²) in [5, 5.41) is 9.75. The van der Waals surface area contributed by atoms with Gasteiger partial charge in [-0.2, -0.15) is 0 Å². The number of allylic oxidation sites excluding steroid dienone is 2. The van der Waals surface area contributed by atoms with Gasteiger partial charge in [0, 0.05) is 12.8 Å². The van der Waals surface area contributed by atoms with Gasteiger partial charge in [-0.3, -0.25) is 4.79 Å².